The van der Waals surface area contributed by atoms with Crippen molar-refractivity contribution < 1.29 is 18.0 Å². The Labute approximate surface area is 115 Å². The first-order valence-corrected chi connectivity index (χ1v) is 6.60. The van der Waals surface area contributed by atoms with E-state index in [2.05, 4.69) is 12.2 Å². The number of halogens is 3. The summed E-state index contributed by atoms with van der Waals surface area (Å²) in [4.78, 5) is 13.6. The molecule has 0 bridgehead atoms. The van der Waals surface area contributed by atoms with E-state index in [1.807, 2.05) is 0 Å². The first-order valence-electron chi connectivity index (χ1n) is 6.60. The lowest BCUT2D eigenvalue weighted by Crippen LogP contribution is -2.40. The number of nitrogens with one attached hydrogen (secondary N) is 1. The van der Waals surface area contributed by atoms with Gasteiger partial charge in [-0.3, -0.25) is 0 Å². The zero-order chi connectivity index (χ0) is 14.8. The van der Waals surface area contributed by atoms with E-state index in [0.29, 0.717) is 19.0 Å². The standard InChI is InChI=1S/C14H17F3N2O/c1-10-6-8-19(9-7-10)13(20)18-12-5-3-2-4-11(12)14(15,16)17/h2-5,10H,6-9H2,1H3,(H,18,20). The van der Waals surface area contributed by atoms with E-state index in [1.54, 1.807) is 4.90 Å². The van der Waals surface area contributed by atoms with Crippen LogP contribution in [0.3, 0.4) is 0 Å². The molecule has 1 aromatic carbocycles. The predicted molar refractivity (Wildman–Crippen MR) is 70.4 cm³/mol. The summed E-state index contributed by atoms with van der Waals surface area (Å²) >= 11 is 0. The topological polar surface area (TPSA) is 32.3 Å². The third-order valence-electron chi connectivity index (χ3n) is 3.54. The van der Waals surface area contributed by atoms with Crippen LogP contribution in [-0.2, 0) is 6.18 Å². The summed E-state index contributed by atoms with van der Waals surface area (Å²) in [5.41, 5.74) is -1.01. The van der Waals surface area contributed by atoms with Crippen molar-refractivity contribution in [3.63, 3.8) is 0 Å². The summed E-state index contributed by atoms with van der Waals surface area (Å²) in [6.07, 6.45) is -2.71. The van der Waals surface area contributed by atoms with Gasteiger partial charge in [0, 0.05) is 13.1 Å². The predicted octanol–water partition coefficient (Wildman–Crippen LogP) is 3.97. The van der Waals surface area contributed by atoms with E-state index in [9.17, 15) is 18.0 Å². The van der Waals surface area contributed by atoms with Crippen molar-refractivity contribution in [3.05, 3.63) is 29.8 Å². The number of alkyl halides is 3. The number of para-hydroxylation sites is 1. The van der Waals surface area contributed by atoms with Crippen molar-refractivity contribution in [1.29, 1.82) is 0 Å². The van der Waals surface area contributed by atoms with Crippen LogP contribution in [0.25, 0.3) is 0 Å². The summed E-state index contributed by atoms with van der Waals surface area (Å²) in [7, 11) is 0. The molecule has 1 N–H and O–H groups in total. The minimum Gasteiger partial charge on any atom is -0.325 e. The van der Waals surface area contributed by atoms with Crippen molar-refractivity contribution in [2.45, 2.75) is 25.9 Å². The number of urea groups is 1. The average molecular weight is 286 g/mol. The zero-order valence-electron chi connectivity index (χ0n) is 11.2. The number of likely N-dealkylation sites (tertiary alicyclic amines) is 1. The Kier molecular flexibility index (Phi) is 4.20. The SMILES string of the molecule is CC1CCN(C(=O)Nc2ccccc2C(F)(F)F)CC1. The molecule has 3 nitrogen and oxygen atoms in total. The van der Waals surface area contributed by atoms with Gasteiger partial charge in [-0.2, -0.15) is 13.2 Å². The molecule has 0 spiro atoms. The zero-order valence-corrected chi connectivity index (χ0v) is 11.2. The minimum atomic E-state index is -4.47. The fourth-order valence-electron chi connectivity index (χ4n) is 2.25. The second kappa shape index (κ2) is 5.73. The number of anilines is 1. The van der Waals surface area contributed by atoms with E-state index in [-0.39, 0.29) is 5.69 Å². The number of hydrogen-bond donors (Lipinski definition) is 1. The summed E-state index contributed by atoms with van der Waals surface area (Å²) in [5, 5.41) is 2.37. The van der Waals surface area contributed by atoms with E-state index < -0.39 is 17.8 Å². The number of amides is 2. The van der Waals surface area contributed by atoms with Gasteiger partial charge in [-0.1, -0.05) is 19.1 Å². The lowest BCUT2D eigenvalue weighted by Gasteiger charge is -2.30. The number of carbonyl (C=O) groups is 1. The smallest absolute Gasteiger partial charge is 0.325 e. The molecule has 2 rings (SSSR count). The first kappa shape index (κ1) is 14.7. The lowest BCUT2D eigenvalue weighted by atomic mass is 10.00. The molecule has 1 aromatic rings. The fraction of sp³-hybridized carbons (Fsp3) is 0.500. The van der Waals surface area contributed by atoms with Crippen LogP contribution in [0, 0.1) is 5.92 Å². The van der Waals surface area contributed by atoms with Gasteiger partial charge in [0.25, 0.3) is 0 Å². The van der Waals surface area contributed by atoms with Crippen LogP contribution in [0.15, 0.2) is 24.3 Å². The quantitative estimate of drug-likeness (QED) is 0.832. The van der Waals surface area contributed by atoms with E-state index in [0.717, 1.165) is 18.9 Å². The number of piperidine rings is 1. The Morgan fingerprint density at radius 1 is 1.25 bits per heavy atom. The van der Waals surface area contributed by atoms with E-state index >= 15 is 0 Å². The Bertz CT molecular complexity index is 480. The average Bonchev–Trinajstić information content (AvgIpc) is 2.38. The van der Waals surface area contributed by atoms with Crippen molar-refractivity contribution in [3.8, 4) is 0 Å². The maximum Gasteiger partial charge on any atom is 0.418 e. The van der Waals surface area contributed by atoms with Crippen LogP contribution >= 0.6 is 0 Å². The molecule has 2 amide bonds. The molecule has 0 aliphatic carbocycles. The van der Waals surface area contributed by atoms with Crippen LogP contribution in [0.1, 0.15) is 25.3 Å². The molecule has 1 aliphatic heterocycles. The Balaban J connectivity index is 2.08. The minimum absolute atomic E-state index is 0.191. The summed E-state index contributed by atoms with van der Waals surface area (Å²) < 4.78 is 38.5. The Morgan fingerprint density at radius 2 is 1.85 bits per heavy atom. The number of nitrogens with zero attached hydrogens (tertiary/aromatic N) is 1. The molecule has 1 heterocycles. The van der Waals surface area contributed by atoms with E-state index in [1.165, 1.54) is 18.2 Å². The summed E-state index contributed by atoms with van der Waals surface area (Å²) in [5.74, 6) is 0.557. The third kappa shape index (κ3) is 3.43. The summed E-state index contributed by atoms with van der Waals surface area (Å²) in [6.45, 7) is 3.27. The Morgan fingerprint density at radius 3 is 2.45 bits per heavy atom. The fourth-order valence-corrected chi connectivity index (χ4v) is 2.25. The molecule has 0 aromatic heterocycles. The van der Waals surface area contributed by atoms with Gasteiger partial charge < -0.3 is 10.2 Å². The molecule has 0 atom stereocenters. The molecule has 0 radical (unpaired) electrons. The molecule has 1 fully saturated rings. The normalized spacial score (nSPS) is 17.1. The second-order valence-electron chi connectivity index (χ2n) is 5.14. The van der Waals surface area contributed by atoms with Gasteiger partial charge in [-0.25, -0.2) is 4.79 Å². The van der Waals surface area contributed by atoms with Gasteiger partial charge in [0.05, 0.1) is 11.3 Å². The molecule has 20 heavy (non-hydrogen) atoms. The van der Waals surface area contributed by atoms with Gasteiger partial charge in [0.1, 0.15) is 0 Å². The maximum atomic E-state index is 12.8. The van der Waals surface area contributed by atoms with Crippen molar-refractivity contribution in [2.75, 3.05) is 18.4 Å². The molecular formula is C14H17F3N2O. The molecular weight excluding hydrogens is 269 g/mol. The van der Waals surface area contributed by atoms with E-state index in [4.69, 9.17) is 0 Å². The maximum absolute atomic E-state index is 12.8. The monoisotopic (exact) mass is 286 g/mol. The highest BCUT2D eigenvalue weighted by molar-refractivity contribution is 5.90. The molecule has 0 unspecified atom stereocenters. The molecule has 0 saturated carbocycles. The van der Waals surface area contributed by atoms with Crippen molar-refractivity contribution >= 4 is 11.7 Å². The highest BCUT2D eigenvalue weighted by Gasteiger charge is 2.34. The van der Waals surface area contributed by atoms with Crippen LogP contribution in [-0.4, -0.2) is 24.0 Å². The lowest BCUT2D eigenvalue weighted by molar-refractivity contribution is -0.136. The second-order valence-corrected chi connectivity index (χ2v) is 5.14. The number of benzene rings is 1. The highest BCUT2D eigenvalue weighted by atomic mass is 19.4. The first-order chi connectivity index (χ1) is 9.38. The number of hydrogen-bond acceptors (Lipinski definition) is 1. The van der Waals surface area contributed by atoms with Crippen molar-refractivity contribution in [2.24, 2.45) is 5.92 Å². The highest BCUT2D eigenvalue weighted by Crippen LogP contribution is 2.34. The number of carbonyl (C=O) groups excluding carboxylic acids is 1. The summed E-state index contributed by atoms with van der Waals surface area (Å²) in [6, 6.07) is 4.55. The molecule has 1 saturated heterocycles. The largest absolute Gasteiger partial charge is 0.418 e. The van der Waals surface area contributed by atoms with Gasteiger partial charge in [-0.15, -0.1) is 0 Å². The Hall–Kier alpha value is -1.72. The third-order valence-corrected chi connectivity index (χ3v) is 3.54. The van der Waals surface area contributed by atoms with Gasteiger partial charge >= 0.3 is 12.2 Å². The van der Waals surface area contributed by atoms with Crippen LogP contribution in [0.2, 0.25) is 0 Å². The van der Waals surface area contributed by atoms with Crippen molar-refractivity contribution in [1.82, 2.24) is 4.90 Å². The van der Waals surface area contributed by atoms with Gasteiger partial charge in [0.15, 0.2) is 0 Å². The molecule has 1 aliphatic rings. The van der Waals surface area contributed by atoms with Crippen LogP contribution < -0.4 is 5.32 Å². The molecule has 110 valence electrons. The van der Waals surface area contributed by atoms with Gasteiger partial charge in [0.2, 0.25) is 0 Å². The van der Waals surface area contributed by atoms with Crippen LogP contribution in [0.5, 0.6) is 0 Å². The number of rotatable bonds is 1. The van der Waals surface area contributed by atoms with Gasteiger partial charge in [-0.05, 0) is 30.9 Å². The molecule has 6 heteroatoms. The van der Waals surface area contributed by atoms with Crippen LogP contribution in [0.4, 0.5) is 23.7 Å².